The van der Waals surface area contributed by atoms with Crippen molar-refractivity contribution in [3.05, 3.63) is 0 Å². The Labute approximate surface area is 114 Å². The summed E-state index contributed by atoms with van der Waals surface area (Å²) < 4.78 is 0. The number of fused-ring (bicyclic) bond motifs is 2. The quantitative estimate of drug-likeness (QED) is 0.216. The number of amides is 1. The Balaban J connectivity index is 1.53. The van der Waals surface area contributed by atoms with Crippen LogP contribution in [-0.4, -0.2) is 23.5 Å². The second-order valence-corrected chi connectivity index (χ2v) is 6.04. The maximum absolute atomic E-state index is 11.8. The van der Waals surface area contributed by atoms with Crippen molar-refractivity contribution >= 4 is 11.7 Å². The Bertz CT molecular complexity index is 344. The Morgan fingerprint density at radius 2 is 2.16 bits per heavy atom. The molecule has 19 heavy (non-hydrogen) atoms. The number of oxime groups is 1. The number of nitrogens with one attached hydrogen (secondary N) is 1. The zero-order valence-corrected chi connectivity index (χ0v) is 11.5. The molecule has 0 aromatic rings. The van der Waals surface area contributed by atoms with Gasteiger partial charge in [0, 0.05) is 19.4 Å². The van der Waals surface area contributed by atoms with Gasteiger partial charge in [0.05, 0.1) is 0 Å². The van der Waals surface area contributed by atoms with Crippen LogP contribution >= 0.6 is 0 Å². The lowest BCUT2D eigenvalue weighted by Crippen LogP contribution is -2.28. The molecule has 0 radical (unpaired) electrons. The van der Waals surface area contributed by atoms with Crippen LogP contribution in [-0.2, 0) is 4.79 Å². The van der Waals surface area contributed by atoms with Crippen molar-refractivity contribution < 1.29 is 10.0 Å². The van der Waals surface area contributed by atoms with Crippen LogP contribution in [0.25, 0.3) is 0 Å². The number of nitrogens with zero attached hydrogens (tertiary/aromatic N) is 1. The first kappa shape index (κ1) is 14.2. The highest BCUT2D eigenvalue weighted by atomic mass is 16.4. The number of rotatable bonds is 7. The van der Waals surface area contributed by atoms with Gasteiger partial charge in [-0.2, -0.15) is 0 Å². The Morgan fingerprint density at radius 1 is 1.32 bits per heavy atom. The van der Waals surface area contributed by atoms with Crippen molar-refractivity contribution in [2.24, 2.45) is 28.6 Å². The Kier molecular flexibility index (Phi) is 5.05. The van der Waals surface area contributed by atoms with Gasteiger partial charge in [0.1, 0.15) is 5.84 Å². The molecule has 1 amide bonds. The number of amidine groups is 1. The van der Waals surface area contributed by atoms with Gasteiger partial charge in [-0.1, -0.05) is 11.6 Å². The average molecular weight is 267 g/mol. The molecule has 2 aliphatic carbocycles. The lowest BCUT2D eigenvalue weighted by molar-refractivity contribution is -0.122. The molecule has 3 atom stereocenters. The lowest BCUT2D eigenvalue weighted by Gasteiger charge is -2.20. The second kappa shape index (κ2) is 6.78. The number of unbranched alkanes of at least 4 members (excludes halogenated alkanes) is 1. The van der Waals surface area contributed by atoms with Crippen LogP contribution in [0.3, 0.4) is 0 Å². The van der Waals surface area contributed by atoms with E-state index in [0.29, 0.717) is 25.3 Å². The van der Waals surface area contributed by atoms with Crippen molar-refractivity contribution in [1.82, 2.24) is 5.32 Å². The summed E-state index contributed by atoms with van der Waals surface area (Å²) in [6.45, 7) is 0.693. The molecule has 0 aromatic carbocycles. The fraction of sp³-hybridized carbons (Fsp3) is 0.857. The van der Waals surface area contributed by atoms with Crippen LogP contribution in [0, 0.1) is 17.8 Å². The summed E-state index contributed by atoms with van der Waals surface area (Å²) in [4.78, 5) is 11.8. The van der Waals surface area contributed by atoms with Crippen molar-refractivity contribution in [3.63, 3.8) is 0 Å². The number of hydrogen-bond donors (Lipinski definition) is 3. The van der Waals surface area contributed by atoms with E-state index in [-0.39, 0.29) is 11.7 Å². The summed E-state index contributed by atoms with van der Waals surface area (Å²) in [6, 6.07) is 0. The van der Waals surface area contributed by atoms with Crippen LogP contribution in [0.2, 0.25) is 0 Å². The first-order valence-electron chi connectivity index (χ1n) is 7.42. The zero-order chi connectivity index (χ0) is 13.7. The summed E-state index contributed by atoms with van der Waals surface area (Å²) in [6.07, 6.45) is 8.35. The maximum atomic E-state index is 11.8. The smallest absolute Gasteiger partial charge is 0.220 e. The van der Waals surface area contributed by atoms with Gasteiger partial charge in [0.25, 0.3) is 0 Å². The van der Waals surface area contributed by atoms with Gasteiger partial charge in [0.2, 0.25) is 5.91 Å². The summed E-state index contributed by atoms with van der Waals surface area (Å²) in [5.74, 6) is 2.81. The number of hydrogen-bond acceptors (Lipinski definition) is 3. The molecule has 108 valence electrons. The fourth-order valence-corrected chi connectivity index (χ4v) is 3.65. The molecular weight excluding hydrogens is 242 g/mol. The minimum Gasteiger partial charge on any atom is -0.409 e. The van der Waals surface area contributed by atoms with Crippen LogP contribution < -0.4 is 11.1 Å². The molecule has 0 heterocycles. The van der Waals surface area contributed by atoms with Gasteiger partial charge in [-0.15, -0.1) is 0 Å². The van der Waals surface area contributed by atoms with Crippen LogP contribution in [0.4, 0.5) is 0 Å². The minimum absolute atomic E-state index is 0.196. The van der Waals surface area contributed by atoms with E-state index in [1.54, 1.807) is 0 Å². The summed E-state index contributed by atoms with van der Waals surface area (Å²) in [5.41, 5.74) is 5.37. The lowest BCUT2D eigenvalue weighted by atomic mass is 9.86. The van der Waals surface area contributed by atoms with Gasteiger partial charge in [-0.25, -0.2) is 0 Å². The number of nitrogens with two attached hydrogens (primary N) is 1. The molecule has 0 aromatic heterocycles. The topological polar surface area (TPSA) is 87.7 Å². The van der Waals surface area contributed by atoms with Crippen molar-refractivity contribution in [2.45, 2.75) is 51.4 Å². The van der Waals surface area contributed by atoms with Gasteiger partial charge >= 0.3 is 0 Å². The Hall–Kier alpha value is -1.26. The summed E-state index contributed by atoms with van der Waals surface area (Å²) >= 11 is 0. The molecule has 2 saturated carbocycles. The fourth-order valence-electron chi connectivity index (χ4n) is 3.65. The SMILES string of the molecule is NC(CCCCNC(=O)CC1CC2CCC1C2)=NO. The molecule has 2 aliphatic rings. The van der Waals surface area contributed by atoms with Gasteiger partial charge < -0.3 is 16.3 Å². The third-order valence-electron chi connectivity index (χ3n) is 4.64. The molecule has 2 rings (SSSR count). The van der Waals surface area contributed by atoms with E-state index < -0.39 is 0 Å². The predicted molar refractivity (Wildman–Crippen MR) is 73.8 cm³/mol. The van der Waals surface area contributed by atoms with Gasteiger partial charge in [-0.3, -0.25) is 4.79 Å². The Morgan fingerprint density at radius 3 is 2.79 bits per heavy atom. The summed E-state index contributed by atoms with van der Waals surface area (Å²) in [5, 5.41) is 14.3. The van der Waals surface area contributed by atoms with Crippen molar-refractivity contribution in [3.8, 4) is 0 Å². The summed E-state index contributed by atoms with van der Waals surface area (Å²) in [7, 11) is 0. The van der Waals surface area contributed by atoms with Crippen LogP contribution in [0.15, 0.2) is 5.16 Å². The van der Waals surface area contributed by atoms with Crippen LogP contribution in [0.1, 0.15) is 51.4 Å². The van der Waals surface area contributed by atoms with E-state index in [4.69, 9.17) is 10.9 Å². The molecule has 0 saturated heterocycles. The van der Waals surface area contributed by atoms with E-state index in [1.165, 1.54) is 25.7 Å². The molecule has 5 nitrogen and oxygen atoms in total. The normalized spacial score (nSPS) is 29.7. The zero-order valence-electron chi connectivity index (χ0n) is 11.5. The third-order valence-corrected chi connectivity index (χ3v) is 4.64. The molecule has 3 unspecified atom stereocenters. The van der Waals surface area contributed by atoms with Gasteiger partial charge in [-0.05, 0) is 49.9 Å². The van der Waals surface area contributed by atoms with E-state index in [2.05, 4.69) is 10.5 Å². The number of carbonyl (C=O) groups is 1. The van der Waals surface area contributed by atoms with Gasteiger partial charge in [0.15, 0.2) is 0 Å². The minimum atomic E-state index is 0.196. The van der Waals surface area contributed by atoms with Crippen LogP contribution in [0.5, 0.6) is 0 Å². The first-order chi connectivity index (χ1) is 9.19. The van der Waals surface area contributed by atoms with E-state index in [0.717, 1.165) is 24.7 Å². The molecule has 0 spiro atoms. The van der Waals surface area contributed by atoms with E-state index in [9.17, 15) is 4.79 Å². The molecule has 0 aliphatic heterocycles. The molecule has 2 fully saturated rings. The largest absolute Gasteiger partial charge is 0.409 e. The highest BCUT2D eigenvalue weighted by Gasteiger charge is 2.39. The number of carbonyl (C=O) groups excluding carboxylic acids is 1. The highest BCUT2D eigenvalue weighted by molar-refractivity contribution is 5.79. The highest BCUT2D eigenvalue weighted by Crippen LogP contribution is 2.49. The maximum Gasteiger partial charge on any atom is 0.220 e. The second-order valence-electron chi connectivity index (χ2n) is 6.04. The first-order valence-corrected chi connectivity index (χ1v) is 7.42. The van der Waals surface area contributed by atoms with Crippen molar-refractivity contribution in [1.29, 1.82) is 0 Å². The monoisotopic (exact) mass is 267 g/mol. The standard InChI is InChI=1S/C14H25N3O2/c15-13(17-19)3-1-2-6-16-14(18)9-12-8-10-4-5-11(12)7-10/h10-12,19H,1-9H2,(H2,15,17)(H,16,18). The molecular formula is C14H25N3O2. The molecule has 5 heteroatoms. The van der Waals surface area contributed by atoms with E-state index in [1.807, 2.05) is 0 Å². The molecule has 2 bridgehead atoms. The third kappa shape index (κ3) is 4.11. The van der Waals surface area contributed by atoms with E-state index >= 15 is 0 Å². The molecule has 4 N–H and O–H groups in total. The average Bonchev–Trinajstić information content (AvgIpc) is 3.00. The van der Waals surface area contributed by atoms with Crippen molar-refractivity contribution in [2.75, 3.05) is 6.54 Å². The predicted octanol–water partition coefficient (Wildman–Crippen LogP) is 1.85.